The van der Waals surface area contributed by atoms with Gasteiger partial charge in [-0.05, 0) is 39.8 Å². The molecule has 0 aliphatic heterocycles. The molecule has 0 fully saturated rings. The third-order valence-corrected chi connectivity index (χ3v) is 4.44. The van der Waals surface area contributed by atoms with E-state index in [4.69, 9.17) is 14.2 Å². The topological polar surface area (TPSA) is 62.6 Å². The molecule has 1 heterocycles. The van der Waals surface area contributed by atoms with E-state index in [1.165, 1.54) is 0 Å². The Balaban J connectivity index is 2.46. The average Bonchev–Trinajstić information content (AvgIpc) is 2.79. The largest absolute Gasteiger partial charge is 0.491 e. The summed E-state index contributed by atoms with van der Waals surface area (Å²) >= 11 is 3.49. The molecule has 0 saturated carbocycles. The molecule has 0 spiro atoms. The van der Waals surface area contributed by atoms with E-state index >= 15 is 0 Å². The second kappa shape index (κ2) is 7.74. The minimum Gasteiger partial charge on any atom is -0.491 e. The number of aryl methyl sites for hydroxylation is 2. The normalized spacial score (nSPS) is 13.1. The van der Waals surface area contributed by atoms with Crippen molar-refractivity contribution < 1.29 is 19.0 Å². The Hall–Kier alpha value is -1.60. The molecule has 0 radical (unpaired) electrons. The summed E-state index contributed by atoms with van der Waals surface area (Å²) in [4.78, 5) is 11.9. The first kappa shape index (κ1) is 19.7. The predicted octanol–water partition coefficient (Wildman–Crippen LogP) is 3.68. The standard InChI is InChI=1S/C18H25BrN2O4/c1-11-13-9-12(24-8-7-23-6)10-14(16(13)21(5)20-11)15(19)17(22)25-18(2,3)4/h9-10,15H,7-8H2,1-6H3. The summed E-state index contributed by atoms with van der Waals surface area (Å²) in [6.45, 7) is 8.39. The number of carbonyl (C=O) groups excluding carboxylic acids is 1. The Morgan fingerprint density at radius 3 is 2.60 bits per heavy atom. The Bertz CT molecular complexity index is 765. The SMILES string of the molecule is COCCOc1cc(C(Br)C(=O)OC(C)(C)C)c2c(c1)c(C)nn2C. The highest BCUT2D eigenvalue weighted by molar-refractivity contribution is 9.09. The van der Waals surface area contributed by atoms with Crippen LogP contribution in [-0.2, 0) is 21.3 Å². The molecule has 0 bridgehead atoms. The number of benzene rings is 1. The van der Waals surface area contributed by atoms with Gasteiger partial charge in [0.15, 0.2) is 0 Å². The summed E-state index contributed by atoms with van der Waals surface area (Å²) in [5, 5.41) is 5.41. The van der Waals surface area contributed by atoms with Crippen molar-refractivity contribution in [2.75, 3.05) is 20.3 Å². The zero-order chi connectivity index (χ0) is 18.8. The molecule has 2 aromatic rings. The monoisotopic (exact) mass is 412 g/mol. The lowest BCUT2D eigenvalue weighted by atomic mass is 10.1. The molecule has 0 aliphatic rings. The fraction of sp³-hybridized carbons (Fsp3) is 0.556. The number of methoxy groups -OCH3 is 1. The molecule has 1 unspecified atom stereocenters. The van der Waals surface area contributed by atoms with Crippen molar-refractivity contribution in [1.29, 1.82) is 0 Å². The van der Waals surface area contributed by atoms with E-state index in [9.17, 15) is 4.79 Å². The zero-order valence-electron chi connectivity index (χ0n) is 15.6. The Kier molecular flexibility index (Phi) is 6.11. The van der Waals surface area contributed by atoms with E-state index in [2.05, 4.69) is 21.0 Å². The molecule has 0 amide bonds. The summed E-state index contributed by atoms with van der Waals surface area (Å²) in [6.07, 6.45) is 0. The van der Waals surface area contributed by atoms with Crippen molar-refractivity contribution >= 4 is 32.8 Å². The molecule has 6 nitrogen and oxygen atoms in total. The number of fused-ring (bicyclic) bond motifs is 1. The van der Waals surface area contributed by atoms with Crippen LogP contribution < -0.4 is 4.74 Å². The fourth-order valence-corrected chi connectivity index (χ4v) is 3.04. The summed E-state index contributed by atoms with van der Waals surface area (Å²) in [5.74, 6) is 0.324. The molecule has 0 saturated heterocycles. The maximum absolute atomic E-state index is 12.5. The molecule has 1 aromatic heterocycles. The van der Waals surface area contributed by atoms with Crippen molar-refractivity contribution in [1.82, 2.24) is 9.78 Å². The first-order chi connectivity index (χ1) is 11.6. The van der Waals surface area contributed by atoms with E-state index < -0.39 is 10.4 Å². The van der Waals surface area contributed by atoms with Crippen LogP contribution in [0.15, 0.2) is 12.1 Å². The Labute approximate surface area is 156 Å². The second-order valence-corrected chi connectivity index (χ2v) is 7.77. The van der Waals surface area contributed by atoms with Crippen LogP contribution in [-0.4, -0.2) is 41.7 Å². The van der Waals surface area contributed by atoms with Crippen molar-refractivity contribution in [3.05, 3.63) is 23.4 Å². The van der Waals surface area contributed by atoms with Crippen LogP contribution in [0.1, 0.15) is 36.9 Å². The molecule has 7 heteroatoms. The Morgan fingerprint density at radius 2 is 2.00 bits per heavy atom. The maximum atomic E-state index is 12.5. The molecule has 2 rings (SSSR count). The molecule has 1 aromatic carbocycles. The summed E-state index contributed by atoms with van der Waals surface area (Å²) < 4.78 is 18.1. The number of rotatable bonds is 6. The zero-order valence-corrected chi connectivity index (χ0v) is 17.1. The van der Waals surface area contributed by atoms with Gasteiger partial charge in [0, 0.05) is 25.1 Å². The van der Waals surface area contributed by atoms with Crippen molar-refractivity contribution in [2.24, 2.45) is 7.05 Å². The number of ether oxygens (including phenoxy) is 3. The van der Waals surface area contributed by atoms with Crippen molar-refractivity contribution in [3.63, 3.8) is 0 Å². The van der Waals surface area contributed by atoms with Crippen LogP contribution in [0.3, 0.4) is 0 Å². The highest BCUT2D eigenvalue weighted by atomic mass is 79.9. The highest BCUT2D eigenvalue weighted by Gasteiger charge is 2.28. The minimum atomic E-state index is -0.616. The average molecular weight is 413 g/mol. The Morgan fingerprint density at radius 1 is 1.32 bits per heavy atom. The van der Waals surface area contributed by atoms with E-state index in [0.29, 0.717) is 19.0 Å². The first-order valence-corrected chi connectivity index (χ1v) is 9.01. The lowest BCUT2D eigenvalue weighted by Crippen LogP contribution is -2.26. The van der Waals surface area contributed by atoms with Gasteiger partial charge in [0.1, 0.15) is 22.8 Å². The first-order valence-electron chi connectivity index (χ1n) is 8.10. The van der Waals surface area contributed by atoms with Gasteiger partial charge in [-0.25, -0.2) is 0 Å². The van der Waals surface area contributed by atoms with Gasteiger partial charge in [-0.15, -0.1) is 0 Å². The van der Waals surface area contributed by atoms with Gasteiger partial charge < -0.3 is 14.2 Å². The van der Waals surface area contributed by atoms with E-state index in [1.54, 1.807) is 11.8 Å². The fourth-order valence-electron chi connectivity index (χ4n) is 2.60. The number of alkyl halides is 1. The number of hydrogen-bond donors (Lipinski definition) is 0. The lowest BCUT2D eigenvalue weighted by Gasteiger charge is -2.22. The lowest BCUT2D eigenvalue weighted by molar-refractivity contribution is -0.154. The van der Waals surface area contributed by atoms with E-state index in [1.807, 2.05) is 46.9 Å². The number of hydrogen-bond acceptors (Lipinski definition) is 5. The third kappa shape index (κ3) is 4.73. The van der Waals surface area contributed by atoms with Crippen LogP contribution in [0, 0.1) is 6.92 Å². The van der Waals surface area contributed by atoms with Gasteiger partial charge in [0.2, 0.25) is 0 Å². The van der Waals surface area contributed by atoms with Crippen LogP contribution in [0.25, 0.3) is 10.9 Å². The van der Waals surface area contributed by atoms with Crippen LogP contribution in [0.2, 0.25) is 0 Å². The molecule has 25 heavy (non-hydrogen) atoms. The van der Waals surface area contributed by atoms with E-state index in [0.717, 1.165) is 22.2 Å². The summed E-state index contributed by atoms with van der Waals surface area (Å²) in [6, 6.07) is 3.79. The van der Waals surface area contributed by atoms with Crippen molar-refractivity contribution in [2.45, 2.75) is 38.1 Å². The molecule has 0 aliphatic carbocycles. The van der Waals surface area contributed by atoms with Gasteiger partial charge in [0.25, 0.3) is 0 Å². The molecular weight excluding hydrogens is 388 g/mol. The van der Waals surface area contributed by atoms with Crippen LogP contribution >= 0.6 is 15.9 Å². The summed E-state index contributed by atoms with van der Waals surface area (Å²) in [7, 11) is 3.49. The molecule has 138 valence electrons. The van der Waals surface area contributed by atoms with Gasteiger partial charge in [-0.2, -0.15) is 5.10 Å². The number of esters is 1. The van der Waals surface area contributed by atoms with Gasteiger partial charge in [0.05, 0.1) is 17.8 Å². The minimum absolute atomic E-state index is 0.346. The van der Waals surface area contributed by atoms with Gasteiger partial charge in [-0.3, -0.25) is 9.48 Å². The number of carbonyl (C=O) groups is 1. The van der Waals surface area contributed by atoms with Gasteiger partial charge in [-0.1, -0.05) is 15.9 Å². The number of aromatic nitrogens is 2. The van der Waals surface area contributed by atoms with Crippen molar-refractivity contribution in [3.8, 4) is 5.75 Å². The van der Waals surface area contributed by atoms with Crippen LogP contribution in [0.4, 0.5) is 0 Å². The third-order valence-electron chi connectivity index (χ3n) is 3.57. The summed E-state index contributed by atoms with van der Waals surface area (Å²) in [5.41, 5.74) is 1.96. The van der Waals surface area contributed by atoms with Gasteiger partial charge >= 0.3 is 5.97 Å². The highest BCUT2D eigenvalue weighted by Crippen LogP contribution is 2.36. The molecular formula is C18H25BrN2O4. The molecule has 0 N–H and O–H groups in total. The molecule has 1 atom stereocenters. The maximum Gasteiger partial charge on any atom is 0.324 e. The second-order valence-electron chi connectivity index (χ2n) is 6.85. The quantitative estimate of drug-likeness (QED) is 0.411. The smallest absolute Gasteiger partial charge is 0.324 e. The predicted molar refractivity (Wildman–Crippen MR) is 100 cm³/mol. The number of halogens is 1. The number of nitrogens with zero attached hydrogens (tertiary/aromatic N) is 2. The van der Waals surface area contributed by atoms with E-state index in [-0.39, 0.29) is 5.97 Å². The van der Waals surface area contributed by atoms with Crippen LogP contribution in [0.5, 0.6) is 5.75 Å².